The first-order valence-corrected chi connectivity index (χ1v) is 9.47. The lowest BCUT2D eigenvalue weighted by Crippen LogP contribution is -2.19. The average molecular weight is 402 g/mol. The first kappa shape index (κ1) is 17.5. The van der Waals surface area contributed by atoms with E-state index in [0.717, 1.165) is 38.9 Å². The lowest BCUT2D eigenvalue weighted by molar-refractivity contribution is 0.760. The summed E-state index contributed by atoms with van der Waals surface area (Å²) in [6.07, 6.45) is 9.08. The SMILES string of the molecule is O=c1cc(-c2c[nH]c3ncc(-c4cn[nH]c4)cc23)ccn1Cc1cccc(Cl)c1. The predicted octanol–water partition coefficient (Wildman–Crippen LogP) is 4.48. The lowest BCUT2D eigenvalue weighted by atomic mass is 10.0. The number of aromatic amines is 2. The first-order chi connectivity index (χ1) is 14.2. The molecular weight excluding hydrogens is 386 g/mol. The second kappa shape index (κ2) is 7.07. The maximum atomic E-state index is 12.7. The molecule has 1 aromatic carbocycles. The van der Waals surface area contributed by atoms with Crippen LogP contribution in [0.4, 0.5) is 0 Å². The van der Waals surface area contributed by atoms with Crippen molar-refractivity contribution in [1.29, 1.82) is 0 Å². The van der Waals surface area contributed by atoms with Crippen LogP contribution in [0.3, 0.4) is 0 Å². The fourth-order valence-electron chi connectivity index (χ4n) is 3.45. The Morgan fingerprint density at radius 3 is 2.72 bits per heavy atom. The summed E-state index contributed by atoms with van der Waals surface area (Å²) >= 11 is 6.05. The van der Waals surface area contributed by atoms with Crippen molar-refractivity contribution in [3.8, 4) is 22.3 Å². The molecule has 0 saturated carbocycles. The van der Waals surface area contributed by atoms with E-state index in [4.69, 9.17) is 11.6 Å². The fourth-order valence-corrected chi connectivity index (χ4v) is 3.66. The van der Waals surface area contributed by atoms with Gasteiger partial charge in [0.1, 0.15) is 5.65 Å². The van der Waals surface area contributed by atoms with E-state index in [0.29, 0.717) is 11.6 Å². The molecule has 0 fully saturated rings. The Kier molecular flexibility index (Phi) is 4.26. The third-order valence-corrected chi connectivity index (χ3v) is 5.15. The smallest absolute Gasteiger partial charge is 0.251 e. The van der Waals surface area contributed by atoms with Gasteiger partial charge in [-0.15, -0.1) is 0 Å². The zero-order chi connectivity index (χ0) is 19.8. The molecule has 0 atom stereocenters. The molecule has 0 bridgehead atoms. The molecular formula is C22H16ClN5O. The fraction of sp³-hybridized carbons (Fsp3) is 0.0455. The number of fused-ring (bicyclic) bond motifs is 1. The molecule has 7 heteroatoms. The normalized spacial score (nSPS) is 11.2. The van der Waals surface area contributed by atoms with Crippen molar-refractivity contribution in [3.05, 3.63) is 94.4 Å². The quantitative estimate of drug-likeness (QED) is 0.466. The number of hydrogen-bond acceptors (Lipinski definition) is 3. The first-order valence-electron chi connectivity index (χ1n) is 9.09. The molecule has 0 amide bonds. The molecule has 0 radical (unpaired) electrons. The van der Waals surface area contributed by atoms with Crippen LogP contribution in [0.5, 0.6) is 0 Å². The molecule has 0 spiro atoms. The van der Waals surface area contributed by atoms with Crippen molar-refractivity contribution in [2.45, 2.75) is 6.54 Å². The van der Waals surface area contributed by atoms with Gasteiger partial charge in [0.05, 0.1) is 12.7 Å². The van der Waals surface area contributed by atoms with E-state index < -0.39 is 0 Å². The van der Waals surface area contributed by atoms with E-state index in [1.54, 1.807) is 23.0 Å². The van der Waals surface area contributed by atoms with Gasteiger partial charge in [-0.3, -0.25) is 9.89 Å². The molecule has 0 saturated heterocycles. The molecule has 6 nitrogen and oxygen atoms in total. The number of H-pyrrole nitrogens is 2. The number of aromatic nitrogens is 5. The van der Waals surface area contributed by atoms with Crippen LogP contribution in [0, 0.1) is 0 Å². The number of hydrogen-bond donors (Lipinski definition) is 2. The molecule has 0 aliphatic rings. The molecule has 29 heavy (non-hydrogen) atoms. The number of pyridine rings is 2. The van der Waals surface area contributed by atoms with Crippen molar-refractivity contribution in [3.63, 3.8) is 0 Å². The van der Waals surface area contributed by atoms with Crippen LogP contribution in [0.15, 0.2) is 78.2 Å². The summed E-state index contributed by atoms with van der Waals surface area (Å²) in [5, 5.41) is 8.42. The Balaban J connectivity index is 1.52. The van der Waals surface area contributed by atoms with Crippen molar-refractivity contribution in [1.82, 2.24) is 24.7 Å². The van der Waals surface area contributed by atoms with Crippen molar-refractivity contribution in [2.24, 2.45) is 0 Å². The van der Waals surface area contributed by atoms with Gasteiger partial charge in [0.2, 0.25) is 0 Å². The molecule has 5 aromatic rings. The van der Waals surface area contributed by atoms with Gasteiger partial charge in [0.25, 0.3) is 5.56 Å². The molecule has 5 rings (SSSR count). The highest BCUT2D eigenvalue weighted by molar-refractivity contribution is 6.30. The Bertz CT molecular complexity index is 1370. The topological polar surface area (TPSA) is 79.4 Å². The largest absolute Gasteiger partial charge is 0.346 e. The van der Waals surface area contributed by atoms with Crippen LogP contribution in [-0.4, -0.2) is 24.7 Å². The highest BCUT2D eigenvalue weighted by Crippen LogP contribution is 2.30. The van der Waals surface area contributed by atoms with Crippen LogP contribution in [0.25, 0.3) is 33.3 Å². The van der Waals surface area contributed by atoms with Crippen LogP contribution in [-0.2, 0) is 6.54 Å². The van der Waals surface area contributed by atoms with Crippen molar-refractivity contribution < 1.29 is 0 Å². The summed E-state index contributed by atoms with van der Waals surface area (Å²) in [6.45, 7) is 0.472. The summed E-state index contributed by atoms with van der Waals surface area (Å²) < 4.78 is 1.67. The minimum Gasteiger partial charge on any atom is -0.346 e. The van der Waals surface area contributed by atoms with Gasteiger partial charge in [0, 0.05) is 58.0 Å². The molecule has 4 heterocycles. The monoisotopic (exact) mass is 401 g/mol. The van der Waals surface area contributed by atoms with Gasteiger partial charge in [-0.05, 0) is 35.4 Å². The number of rotatable bonds is 4. The summed E-state index contributed by atoms with van der Waals surface area (Å²) in [7, 11) is 0. The van der Waals surface area contributed by atoms with Gasteiger partial charge in [-0.25, -0.2) is 4.98 Å². The highest BCUT2D eigenvalue weighted by atomic mass is 35.5. The molecule has 2 N–H and O–H groups in total. The third kappa shape index (κ3) is 3.34. The van der Waals surface area contributed by atoms with Crippen LogP contribution in [0.2, 0.25) is 5.02 Å². The minimum atomic E-state index is -0.0734. The van der Waals surface area contributed by atoms with E-state index in [9.17, 15) is 4.79 Å². The van der Waals surface area contributed by atoms with E-state index in [-0.39, 0.29) is 5.56 Å². The van der Waals surface area contributed by atoms with Gasteiger partial charge in [-0.2, -0.15) is 5.10 Å². The summed E-state index contributed by atoms with van der Waals surface area (Å²) in [4.78, 5) is 20.4. The van der Waals surface area contributed by atoms with E-state index in [1.165, 1.54) is 0 Å². The Morgan fingerprint density at radius 1 is 1.00 bits per heavy atom. The second-order valence-electron chi connectivity index (χ2n) is 6.82. The molecule has 0 aliphatic carbocycles. The Labute approximate surface area is 170 Å². The lowest BCUT2D eigenvalue weighted by Gasteiger charge is -2.08. The molecule has 142 valence electrons. The van der Waals surface area contributed by atoms with Crippen LogP contribution >= 0.6 is 11.6 Å². The third-order valence-electron chi connectivity index (χ3n) is 4.91. The van der Waals surface area contributed by atoms with Gasteiger partial charge >= 0.3 is 0 Å². The van der Waals surface area contributed by atoms with E-state index in [1.807, 2.05) is 48.9 Å². The standard InChI is InChI=1S/C22H16ClN5O/c23-18-3-1-2-14(6-18)13-28-5-4-15(8-21(28)29)20-12-25-22-19(20)7-16(9-24-22)17-10-26-27-11-17/h1-12H,13H2,(H,24,25)(H,26,27). The zero-order valence-corrected chi connectivity index (χ0v) is 16.0. The van der Waals surface area contributed by atoms with E-state index in [2.05, 4.69) is 26.2 Å². The van der Waals surface area contributed by atoms with Gasteiger partial charge < -0.3 is 9.55 Å². The Hall–Kier alpha value is -3.64. The molecule has 0 unspecified atom stereocenters. The number of nitrogens with zero attached hydrogens (tertiary/aromatic N) is 3. The second-order valence-corrected chi connectivity index (χ2v) is 7.26. The van der Waals surface area contributed by atoms with Crippen LogP contribution in [0.1, 0.15) is 5.56 Å². The zero-order valence-electron chi connectivity index (χ0n) is 15.3. The van der Waals surface area contributed by atoms with Gasteiger partial charge in [0.15, 0.2) is 0 Å². The van der Waals surface area contributed by atoms with Crippen molar-refractivity contribution >= 4 is 22.6 Å². The van der Waals surface area contributed by atoms with Crippen molar-refractivity contribution in [2.75, 3.05) is 0 Å². The maximum Gasteiger partial charge on any atom is 0.251 e. The minimum absolute atomic E-state index is 0.0734. The van der Waals surface area contributed by atoms with E-state index >= 15 is 0 Å². The summed E-state index contributed by atoms with van der Waals surface area (Å²) in [5.41, 5.74) is 5.38. The molecule has 0 aliphatic heterocycles. The average Bonchev–Trinajstić information content (AvgIpc) is 3.39. The number of nitrogens with one attached hydrogen (secondary N) is 2. The number of halogens is 1. The highest BCUT2D eigenvalue weighted by Gasteiger charge is 2.11. The molecule has 4 aromatic heterocycles. The summed E-state index contributed by atoms with van der Waals surface area (Å²) in [6, 6.07) is 13.2. The Morgan fingerprint density at radius 2 is 1.93 bits per heavy atom. The van der Waals surface area contributed by atoms with Gasteiger partial charge in [-0.1, -0.05) is 23.7 Å². The predicted molar refractivity (Wildman–Crippen MR) is 114 cm³/mol. The maximum absolute atomic E-state index is 12.7. The van der Waals surface area contributed by atoms with Crippen LogP contribution < -0.4 is 5.56 Å². The number of benzene rings is 1. The summed E-state index contributed by atoms with van der Waals surface area (Å²) in [5.74, 6) is 0.